The summed E-state index contributed by atoms with van der Waals surface area (Å²) >= 11 is 0. The van der Waals surface area contributed by atoms with Gasteiger partial charge >= 0.3 is 0 Å². The fraction of sp³-hybridized carbons (Fsp3) is 0.658. The summed E-state index contributed by atoms with van der Waals surface area (Å²) in [5.74, 6) is 0.0307. The number of nitrogens with one attached hydrogen (secondary N) is 1. The van der Waals surface area contributed by atoms with Gasteiger partial charge in [-0.1, -0.05) is 102 Å². The lowest BCUT2D eigenvalue weighted by atomic mass is 10.0. The van der Waals surface area contributed by atoms with E-state index in [-0.39, 0.29) is 10.8 Å². The Balaban J connectivity index is 0.000000587. The Hall–Kier alpha value is -2.46. The molecule has 1 heterocycles. The van der Waals surface area contributed by atoms with E-state index in [2.05, 4.69) is 12.2 Å². The van der Waals surface area contributed by atoms with Gasteiger partial charge < -0.3 is 24.0 Å². The zero-order valence-electron chi connectivity index (χ0n) is 29.8. The van der Waals surface area contributed by atoms with Gasteiger partial charge in [0.1, 0.15) is 23.2 Å². The number of hydrogen-bond donors (Lipinski definition) is 1. The predicted octanol–water partition coefficient (Wildman–Crippen LogP) is 7.71. The number of rotatable bonds is 21. The zero-order chi connectivity index (χ0) is 34.4. The normalized spacial score (nSPS) is 14.2. The van der Waals surface area contributed by atoms with Crippen molar-refractivity contribution in [2.24, 2.45) is 0 Å². The maximum absolute atomic E-state index is 12.6. The highest BCUT2D eigenvalue weighted by atomic mass is 32.2. The van der Waals surface area contributed by atoms with Crippen LogP contribution in [0.3, 0.4) is 0 Å². The number of amides is 1. The maximum atomic E-state index is 12.6. The summed E-state index contributed by atoms with van der Waals surface area (Å²) in [5, 5.41) is 3.16. The quantitative estimate of drug-likeness (QED) is 0.0828. The van der Waals surface area contributed by atoms with Crippen LogP contribution in [0, 0.1) is 6.92 Å². The molecule has 266 valence electrons. The summed E-state index contributed by atoms with van der Waals surface area (Å²) in [6.07, 6.45) is 19.6. The second-order valence-corrected chi connectivity index (χ2v) is 14.8. The molecule has 0 spiro atoms. The Labute approximate surface area is 286 Å². The number of aryl methyl sites for hydroxylation is 1. The van der Waals surface area contributed by atoms with Crippen LogP contribution >= 0.6 is 0 Å². The molecule has 0 atom stereocenters. The molecule has 0 bridgehead atoms. The van der Waals surface area contributed by atoms with E-state index in [4.69, 9.17) is 4.74 Å². The van der Waals surface area contributed by atoms with Crippen LogP contribution in [0.2, 0.25) is 0 Å². The van der Waals surface area contributed by atoms with Crippen molar-refractivity contribution < 1.29 is 27.0 Å². The lowest BCUT2D eigenvalue weighted by Crippen LogP contribution is -2.58. The number of unbranched alkanes of at least 4 members (excludes halogenated alkanes) is 13. The molecule has 8 nitrogen and oxygen atoms in total. The van der Waals surface area contributed by atoms with Crippen LogP contribution in [0.1, 0.15) is 113 Å². The van der Waals surface area contributed by atoms with E-state index in [0.717, 1.165) is 60.7 Å². The third-order valence-corrected chi connectivity index (χ3v) is 10.1. The molecule has 1 fully saturated rings. The van der Waals surface area contributed by atoms with Crippen LogP contribution in [-0.2, 0) is 14.9 Å². The smallest absolute Gasteiger partial charge is 0.251 e. The Morgan fingerprint density at radius 3 is 1.72 bits per heavy atom. The molecular weight excluding hydrogens is 611 g/mol. The van der Waals surface area contributed by atoms with Gasteiger partial charge in [-0.15, -0.1) is 0 Å². The molecule has 1 N–H and O–H groups in total. The molecule has 0 saturated carbocycles. The maximum Gasteiger partial charge on any atom is 0.251 e. The van der Waals surface area contributed by atoms with Crippen LogP contribution in [0.5, 0.6) is 0 Å². The Morgan fingerprint density at radius 2 is 1.26 bits per heavy atom. The minimum absolute atomic E-state index is 0.0307. The molecule has 3 rings (SSSR count). The van der Waals surface area contributed by atoms with E-state index in [1.807, 2.05) is 50.2 Å². The molecule has 9 heteroatoms. The number of hydrogen-bond acceptors (Lipinski definition) is 6. The van der Waals surface area contributed by atoms with Crippen LogP contribution in [0.25, 0.3) is 0 Å². The molecule has 1 saturated heterocycles. The summed E-state index contributed by atoms with van der Waals surface area (Å²) in [6.45, 7) is 10.9. The van der Waals surface area contributed by atoms with Gasteiger partial charge in [0.2, 0.25) is 0 Å². The second kappa shape index (κ2) is 23.0. The van der Waals surface area contributed by atoms with Crippen LogP contribution in [0.4, 0.5) is 5.69 Å². The number of ether oxygens (including phenoxy) is 1. The predicted molar refractivity (Wildman–Crippen MR) is 193 cm³/mol. The van der Waals surface area contributed by atoms with Gasteiger partial charge in [-0.25, -0.2) is 8.42 Å². The summed E-state index contributed by atoms with van der Waals surface area (Å²) in [5.41, 5.74) is 2.77. The van der Waals surface area contributed by atoms with E-state index in [1.165, 1.54) is 109 Å². The van der Waals surface area contributed by atoms with Crippen LogP contribution in [0.15, 0.2) is 53.4 Å². The van der Waals surface area contributed by atoms with E-state index in [9.17, 15) is 17.8 Å². The monoisotopic (exact) mass is 673 g/mol. The highest BCUT2D eigenvalue weighted by molar-refractivity contribution is 7.85. The first-order chi connectivity index (χ1) is 22.6. The van der Waals surface area contributed by atoms with E-state index in [0.29, 0.717) is 0 Å². The van der Waals surface area contributed by atoms with Crippen molar-refractivity contribution in [3.8, 4) is 0 Å². The van der Waals surface area contributed by atoms with E-state index < -0.39 is 10.1 Å². The van der Waals surface area contributed by atoms with Gasteiger partial charge in [0.25, 0.3) is 5.91 Å². The summed E-state index contributed by atoms with van der Waals surface area (Å²) < 4.78 is 37.9. The lowest BCUT2D eigenvalue weighted by Gasteiger charge is -2.41. The molecule has 1 aliphatic heterocycles. The van der Waals surface area contributed by atoms with Gasteiger partial charge in [-0.2, -0.15) is 0 Å². The molecule has 0 aliphatic carbocycles. The molecule has 47 heavy (non-hydrogen) atoms. The number of benzene rings is 2. The van der Waals surface area contributed by atoms with Gasteiger partial charge in [0.15, 0.2) is 0 Å². The number of anilines is 1. The largest absolute Gasteiger partial charge is 0.744 e. The van der Waals surface area contributed by atoms with Crippen molar-refractivity contribution in [2.45, 2.75) is 109 Å². The average Bonchev–Trinajstić information content (AvgIpc) is 3.05. The number of carbonyl (C=O) groups excluding carboxylic acids is 1. The molecule has 0 radical (unpaired) electrons. The van der Waals surface area contributed by atoms with Crippen molar-refractivity contribution in [1.82, 2.24) is 5.32 Å². The number of carbonyl (C=O) groups is 1. The Morgan fingerprint density at radius 1 is 0.766 bits per heavy atom. The third-order valence-electron chi connectivity index (χ3n) is 9.23. The molecular formula is C38H63N3O5S. The van der Waals surface area contributed by atoms with Crippen molar-refractivity contribution in [1.29, 1.82) is 0 Å². The standard InChI is InChI=1S/C31H55N3O2.C7H8O3S/c1-4-5-6-7-8-9-10-11-12-13-14-15-16-17-23-34(25-27-36-28-26-34)24-22-32-31(35)29-18-20-30(21-19-29)33(2)3;1-6-2-4-7(5-3-6)11(8,9)10/h18-21H,4-17,22-28H2,1-3H3;2-5H,1H3,(H,8,9,10). The minimum Gasteiger partial charge on any atom is -0.744 e. The van der Waals surface area contributed by atoms with Crippen molar-refractivity contribution in [3.63, 3.8) is 0 Å². The minimum atomic E-state index is -4.27. The van der Waals surface area contributed by atoms with E-state index >= 15 is 0 Å². The topological polar surface area (TPSA) is 98.8 Å². The lowest BCUT2D eigenvalue weighted by molar-refractivity contribution is -0.934. The Kier molecular flexibility index (Phi) is 19.9. The number of morpholine rings is 1. The summed E-state index contributed by atoms with van der Waals surface area (Å²) in [6, 6.07) is 13.6. The zero-order valence-corrected chi connectivity index (χ0v) is 30.6. The first kappa shape index (κ1) is 40.7. The SMILES string of the molecule is CCCCCCCCCCCCCCCC[N+]1(CCNC(=O)c2ccc(N(C)C)cc2)CCOCC1.Cc1ccc(S(=O)(=O)[O-])cc1. The van der Waals surface area contributed by atoms with Crippen molar-refractivity contribution in [3.05, 3.63) is 59.7 Å². The molecule has 1 aliphatic rings. The summed E-state index contributed by atoms with van der Waals surface area (Å²) in [7, 11) is -0.245. The number of quaternary nitrogens is 1. The second-order valence-electron chi connectivity index (χ2n) is 13.4. The molecule has 2 aromatic carbocycles. The number of nitrogens with zero attached hydrogens (tertiary/aromatic N) is 2. The van der Waals surface area contributed by atoms with E-state index in [1.54, 1.807) is 12.1 Å². The molecule has 0 unspecified atom stereocenters. The van der Waals surface area contributed by atoms with Gasteiger partial charge in [0, 0.05) is 25.3 Å². The van der Waals surface area contributed by atoms with Gasteiger partial charge in [0.05, 0.1) is 37.7 Å². The van der Waals surface area contributed by atoms with Crippen LogP contribution in [-0.4, -0.2) is 83.4 Å². The van der Waals surface area contributed by atoms with Gasteiger partial charge in [-0.05, 0) is 56.2 Å². The molecule has 1 amide bonds. The third kappa shape index (κ3) is 17.5. The first-order valence-corrected chi connectivity index (χ1v) is 19.5. The highest BCUT2D eigenvalue weighted by Gasteiger charge is 2.29. The molecule has 2 aromatic rings. The fourth-order valence-corrected chi connectivity index (χ4v) is 6.53. The first-order valence-electron chi connectivity index (χ1n) is 18.1. The summed E-state index contributed by atoms with van der Waals surface area (Å²) in [4.78, 5) is 14.5. The highest BCUT2D eigenvalue weighted by Crippen LogP contribution is 2.17. The Bertz CT molecular complexity index is 1210. The van der Waals surface area contributed by atoms with Crippen molar-refractivity contribution in [2.75, 3.05) is 64.9 Å². The van der Waals surface area contributed by atoms with Crippen LogP contribution < -0.4 is 10.2 Å². The molecule has 0 aromatic heterocycles. The van der Waals surface area contributed by atoms with Gasteiger partial charge in [-0.3, -0.25) is 4.79 Å². The fourth-order valence-electron chi connectivity index (χ4n) is 6.06. The average molecular weight is 674 g/mol. The van der Waals surface area contributed by atoms with Crippen molar-refractivity contribution >= 4 is 21.7 Å².